The number of ether oxygens (including phenoxy) is 2. The molecule has 0 aliphatic rings. The summed E-state index contributed by atoms with van der Waals surface area (Å²) in [5.74, 6) is 0.868. The summed E-state index contributed by atoms with van der Waals surface area (Å²) in [6.07, 6.45) is 4.76. The number of nitrogens with zero attached hydrogens (tertiary/aromatic N) is 3. The number of hydrogen-bond acceptors (Lipinski definition) is 6. The Bertz CT molecular complexity index is 1120. The molecule has 3 rings (SSSR count). The van der Waals surface area contributed by atoms with Gasteiger partial charge in [0.15, 0.2) is 5.78 Å². The van der Waals surface area contributed by atoms with E-state index in [0.29, 0.717) is 17.1 Å². The number of carbonyl (C=O) groups is 1. The minimum atomic E-state index is -0.472. The first-order valence-corrected chi connectivity index (χ1v) is 9.14. The average Bonchev–Trinajstić information content (AvgIpc) is 3.09. The van der Waals surface area contributed by atoms with Gasteiger partial charge in [0, 0.05) is 24.4 Å². The molecule has 0 aliphatic carbocycles. The van der Waals surface area contributed by atoms with Gasteiger partial charge in [0.25, 0.3) is 5.69 Å². The summed E-state index contributed by atoms with van der Waals surface area (Å²) in [6.45, 7) is 1.99. The number of nitro groups is 1. The molecule has 0 saturated heterocycles. The Morgan fingerprint density at radius 2 is 2.07 bits per heavy atom. The van der Waals surface area contributed by atoms with Crippen LogP contribution in [0.3, 0.4) is 0 Å². The zero-order valence-corrected chi connectivity index (χ0v) is 16.9. The number of aromatic nitrogens is 2. The molecular formula is C22H21N3O5. The number of hydrogen-bond donors (Lipinski definition) is 0. The van der Waals surface area contributed by atoms with Crippen LogP contribution in [0.2, 0.25) is 0 Å². The van der Waals surface area contributed by atoms with E-state index in [0.717, 1.165) is 16.8 Å². The lowest BCUT2D eigenvalue weighted by atomic mass is 10.1. The third-order valence-electron chi connectivity index (χ3n) is 4.66. The summed E-state index contributed by atoms with van der Waals surface area (Å²) >= 11 is 0. The molecule has 8 nitrogen and oxygen atoms in total. The quantitative estimate of drug-likeness (QED) is 0.241. The van der Waals surface area contributed by atoms with E-state index >= 15 is 0 Å². The Morgan fingerprint density at radius 3 is 2.73 bits per heavy atom. The molecule has 0 saturated carbocycles. The number of benzene rings is 2. The topological polar surface area (TPSA) is 96.5 Å². The van der Waals surface area contributed by atoms with Crippen molar-refractivity contribution in [2.24, 2.45) is 7.05 Å². The highest BCUT2D eigenvalue weighted by molar-refractivity contribution is 6.07. The SMILES string of the molecule is COc1ccc(/C=C/C(=O)c2cnn(C)c2C)cc1COc1cccc([N+](=O)[O-])c1. The molecular weight excluding hydrogens is 386 g/mol. The molecule has 8 heteroatoms. The number of non-ortho nitro benzene ring substituents is 1. The third kappa shape index (κ3) is 4.72. The lowest BCUT2D eigenvalue weighted by molar-refractivity contribution is -0.384. The summed E-state index contributed by atoms with van der Waals surface area (Å²) in [5, 5.41) is 15.0. The molecule has 0 amide bonds. The predicted octanol–water partition coefficient (Wildman–Crippen LogP) is 4.12. The molecule has 30 heavy (non-hydrogen) atoms. The van der Waals surface area contributed by atoms with Crippen molar-refractivity contribution in [3.63, 3.8) is 0 Å². The molecule has 0 N–H and O–H groups in total. The highest BCUT2D eigenvalue weighted by atomic mass is 16.6. The number of carbonyl (C=O) groups excluding carboxylic acids is 1. The minimum Gasteiger partial charge on any atom is -0.496 e. The molecule has 0 spiro atoms. The van der Waals surface area contributed by atoms with Crippen LogP contribution >= 0.6 is 0 Å². The number of aryl methyl sites for hydroxylation is 1. The fourth-order valence-corrected chi connectivity index (χ4v) is 2.87. The van der Waals surface area contributed by atoms with Crippen LogP contribution in [0.1, 0.15) is 27.2 Å². The van der Waals surface area contributed by atoms with Crippen molar-refractivity contribution < 1.29 is 19.2 Å². The molecule has 0 unspecified atom stereocenters. The van der Waals surface area contributed by atoms with Crippen molar-refractivity contribution in [3.8, 4) is 11.5 Å². The van der Waals surface area contributed by atoms with Crippen molar-refractivity contribution in [2.75, 3.05) is 7.11 Å². The zero-order chi connectivity index (χ0) is 21.7. The minimum absolute atomic E-state index is 0.0413. The summed E-state index contributed by atoms with van der Waals surface area (Å²) in [5.41, 5.74) is 2.85. The van der Waals surface area contributed by atoms with Crippen LogP contribution in [0.4, 0.5) is 5.69 Å². The van der Waals surface area contributed by atoms with Crippen molar-refractivity contribution in [2.45, 2.75) is 13.5 Å². The molecule has 0 bridgehead atoms. The molecule has 154 valence electrons. The molecule has 1 aromatic heterocycles. The second kappa shape index (κ2) is 9.04. The van der Waals surface area contributed by atoms with E-state index in [9.17, 15) is 14.9 Å². The van der Waals surface area contributed by atoms with Crippen LogP contribution in [0.5, 0.6) is 11.5 Å². The van der Waals surface area contributed by atoms with Gasteiger partial charge in [-0.15, -0.1) is 0 Å². The lowest BCUT2D eigenvalue weighted by Gasteiger charge is -2.11. The van der Waals surface area contributed by atoms with Gasteiger partial charge in [0.2, 0.25) is 0 Å². The maximum atomic E-state index is 12.4. The first-order valence-electron chi connectivity index (χ1n) is 9.14. The molecule has 0 radical (unpaired) electrons. The van der Waals surface area contributed by atoms with Gasteiger partial charge < -0.3 is 9.47 Å². The van der Waals surface area contributed by atoms with E-state index in [1.165, 1.54) is 18.2 Å². The monoisotopic (exact) mass is 407 g/mol. The van der Waals surface area contributed by atoms with Crippen molar-refractivity contribution >= 4 is 17.5 Å². The second-order valence-electron chi connectivity index (χ2n) is 6.58. The van der Waals surface area contributed by atoms with Crippen LogP contribution in [0, 0.1) is 17.0 Å². The Morgan fingerprint density at radius 1 is 1.27 bits per heavy atom. The van der Waals surface area contributed by atoms with Gasteiger partial charge in [-0.3, -0.25) is 19.6 Å². The van der Waals surface area contributed by atoms with Gasteiger partial charge in [-0.1, -0.05) is 18.2 Å². The number of methoxy groups -OCH3 is 1. The van der Waals surface area contributed by atoms with E-state index in [1.807, 2.05) is 19.1 Å². The van der Waals surface area contributed by atoms with Gasteiger partial charge in [-0.25, -0.2) is 0 Å². The second-order valence-corrected chi connectivity index (χ2v) is 6.58. The Balaban J connectivity index is 1.76. The lowest BCUT2D eigenvalue weighted by Crippen LogP contribution is -2.00. The highest BCUT2D eigenvalue weighted by Gasteiger charge is 2.11. The van der Waals surface area contributed by atoms with E-state index in [2.05, 4.69) is 5.10 Å². The van der Waals surface area contributed by atoms with Gasteiger partial charge in [-0.2, -0.15) is 5.10 Å². The third-order valence-corrected chi connectivity index (χ3v) is 4.66. The van der Waals surface area contributed by atoms with E-state index in [-0.39, 0.29) is 18.1 Å². The van der Waals surface area contributed by atoms with E-state index in [1.54, 1.807) is 49.3 Å². The Hall–Kier alpha value is -3.94. The summed E-state index contributed by atoms with van der Waals surface area (Å²) in [7, 11) is 3.34. The van der Waals surface area contributed by atoms with Crippen LogP contribution in [0.25, 0.3) is 6.08 Å². The summed E-state index contributed by atoms with van der Waals surface area (Å²) in [6, 6.07) is 11.4. The summed E-state index contributed by atoms with van der Waals surface area (Å²) in [4.78, 5) is 22.9. The standard InChI is InChI=1S/C22H21N3O5/c1-15-20(13-23-24(15)2)21(26)9-7-16-8-10-22(29-3)17(11-16)14-30-19-6-4-5-18(12-19)25(27)28/h4-13H,14H2,1-3H3/b9-7+. The maximum Gasteiger partial charge on any atom is 0.273 e. The normalized spacial score (nSPS) is 10.9. The summed E-state index contributed by atoms with van der Waals surface area (Å²) < 4.78 is 12.7. The fraction of sp³-hybridized carbons (Fsp3) is 0.182. The number of nitro benzene ring substituents is 1. The van der Waals surface area contributed by atoms with Crippen LogP contribution in [-0.4, -0.2) is 27.6 Å². The molecule has 0 fully saturated rings. The molecule has 0 aliphatic heterocycles. The van der Waals surface area contributed by atoms with Gasteiger partial charge >= 0.3 is 0 Å². The van der Waals surface area contributed by atoms with Crippen molar-refractivity contribution in [1.82, 2.24) is 9.78 Å². The van der Waals surface area contributed by atoms with Crippen molar-refractivity contribution in [3.05, 3.63) is 87.2 Å². The number of rotatable bonds is 8. The largest absolute Gasteiger partial charge is 0.496 e. The molecule has 3 aromatic rings. The van der Waals surface area contributed by atoms with Gasteiger partial charge in [0.1, 0.15) is 18.1 Å². The van der Waals surface area contributed by atoms with Crippen molar-refractivity contribution in [1.29, 1.82) is 0 Å². The van der Waals surface area contributed by atoms with Gasteiger partial charge in [0.05, 0.1) is 29.9 Å². The number of ketones is 1. The highest BCUT2D eigenvalue weighted by Crippen LogP contribution is 2.25. The van der Waals surface area contributed by atoms with E-state index in [4.69, 9.17) is 9.47 Å². The number of allylic oxidation sites excluding steroid dienone is 1. The first-order chi connectivity index (χ1) is 14.4. The first kappa shape index (κ1) is 20.8. The van der Waals surface area contributed by atoms with Gasteiger partial charge in [-0.05, 0) is 36.8 Å². The molecule has 0 atom stereocenters. The smallest absolute Gasteiger partial charge is 0.273 e. The maximum absolute atomic E-state index is 12.4. The molecule has 2 aromatic carbocycles. The Kier molecular flexibility index (Phi) is 6.26. The average molecular weight is 407 g/mol. The zero-order valence-electron chi connectivity index (χ0n) is 16.9. The van der Waals surface area contributed by atoms with Crippen LogP contribution in [0.15, 0.2) is 54.7 Å². The fourth-order valence-electron chi connectivity index (χ4n) is 2.87. The predicted molar refractivity (Wildman–Crippen MR) is 112 cm³/mol. The van der Waals surface area contributed by atoms with Crippen LogP contribution < -0.4 is 9.47 Å². The van der Waals surface area contributed by atoms with Crippen LogP contribution in [-0.2, 0) is 13.7 Å². The molecule has 1 heterocycles. The Labute approximate surface area is 173 Å². The van der Waals surface area contributed by atoms with E-state index < -0.39 is 4.92 Å².